The topological polar surface area (TPSA) is 58.6 Å². The van der Waals surface area contributed by atoms with Crippen molar-refractivity contribution in [1.29, 1.82) is 0 Å². The van der Waals surface area contributed by atoms with Crippen LogP contribution in [0, 0.1) is 5.92 Å². The van der Waals surface area contributed by atoms with Crippen LogP contribution in [0.3, 0.4) is 0 Å². The fourth-order valence-corrected chi connectivity index (χ4v) is 1.83. The van der Waals surface area contributed by atoms with Gasteiger partial charge < -0.3 is 9.84 Å². The summed E-state index contributed by atoms with van der Waals surface area (Å²) in [5.41, 5.74) is 0.650. The molecule has 1 unspecified atom stereocenters. The van der Waals surface area contributed by atoms with Crippen LogP contribution in [-0.4, -0.2) is 24.2 Å². The molecule has 0 fully saturated rings. The molecule has 0 aliphatic carbocycles. The molecule has 4 nitrogen and oxygen atoms in total. The maximum Gasteiger partial charge on any atom is 0.323 e. The van der Waals surface area contributed by atoms with Crippen molar-refractivity contribution in [2.45, 2.75) is 26.4 Å². The highest BCUT2D eigenvalue weighted by molar-refractivity contribution is 6.30. The first-order chi connectivity index (χ1) is 8.45. The number of hydrogen-bond donors (Lipinski definition) is 2. The predicted molar refractivity (Wildman–Crippen MR) is 70.6 cm³/mol. The Kier molecular flexibility index (Phi) is 5.44. The molecule has 0 saturated carbocycles. The van der Waals surface area contributed by atoms with Crippen LogP contribution in [-0.2, 0) is 16.1 Å². The number of phenols is 1. The number of phenolic OH excluding ortho intramolecular Hbond substituents is 1. The van der Waals surface area contributed by atoms with E-state index in [4.69, 9.17) is 16.3 Å². The van der Waals surface area contributed by atoms with E-state index in [-0.39, 0.29) is 17.6 Å². The van der Waals surface area contributed by atoms with Gasteiger partial charge in [-0.25, -0.2) is 0 Å². The number of ether oxygens (including phenoxy) is 1. The van der Waals surface area contributed by atoms with Gasteiger partial charge in [-0.2, -0.15) is 0 Å². The van der Waals surface area contributed by atoms with Crippen LogP contribution in [0.25, 0.3) is 0 Å². The summed E-state index contributed by atoms with van der Waals surface area (Å²) in [5, 5.41) is 13.3. The van der Waals surface area contributed by atoms with E-state index in [0.717, 1.165) is 0 Å². The van der Waals surface area contributed by atoms with Crippen molar-refractivity contribution in [3.63, 3.8) is 0 Å². The van der Waals surface area contributed by atoms with Gasteiger partial charge in [0.2, 0.25) is 0 Å². The summed E-state index contributed by atoms with van der Waals surface area (Å²) >= 11 is 5.85. The third-order valence-electron chi connectivity index (χ3n) is 2.68. The highest BCUT2D eigenvalue weighted by Gasteiger charge is 2.22. The number of hydrogen-bond acceptors (Lipinski definition) is 4. The van der Waals surface area contributed by atoms with Crippen LogP contribution in [0.2, 0.25) is 5.02 Å². The van der Waals surface area contributed by atoms with E-state index in [9.17, 15) is 9.90 Å². The van der Waals surface area contributed by atoms with Gasteiger partial charge in [-0.05, 0) is 24.1 Å². The highest BCUT2D eigenvalue weighted by atomic mass is 35.5. The SMILES string of the molecule is COC(=O)C(NCc1cc(Cl)ccc1O)C(C)C. The molecule has 0 bridgehead atoms. The fraction of sp³-hybridized carbons (Fsp3) is 0.462. The van der Waals surface area contributed by atoms with Crippen LogP contribution < -0.4 is 5.32 Å². The maximum atomic E-state index is 11.6. The maximum absolute atomic E-state index is 11.6. The van der Waals surface area contributed by atoms with E-state index in [1.807, 2.05) is 13.8 Å². The molecular formula is C13H18ClNO3. The van der Waals surface area contributed by atoms with Crippen molar-refractivity contribution in [2.24, 2.45) is 5.92 Å². The number of esters is 1. The molecule has 0 aromatic heterocycles. The van der Waals surface area contributed by atoms with Gasteiger partial charge >= 0.3 is 5.97 Å². The summed E-state index contributed by atoms with van der Waals surface area (Å²) in [7, 11) is 1.36. The van der Waals surface area contributed by atoms with E-state index in [1.54, 1.807) is 12.1 Å². The first-order valence-corrected chi connectivity index (χ1v) is 6.12. The Morgan fingerprint density at radius 1 is 1.50 bits per heavy atom. The summed E-state index contributed by atoms with van der Waals surface area (Å²) in [6, 6.07) is 4.40. The molecule has 1 aromatic carbocycles. The number of carbonyl (C=O) groups is 1. The number of methoxy groups -OCH3 is 1. The Morgan fingerprint density at radius 3 is 2.72 bits per heavy atom. The first-order valence-electron chi connectivity index (χ1n) is 5.74. The number of halogens is 1. The van der Waals surface area contributed by atoms with Crippen molar-refractivity contribution >= 4 is 17.6 Å². The van der Waals surface area contributed by atoms with E-state index in [0.29, 0.717) is 17.1 Å². The van der Waals surface area contributed by atoms with Crippen LogP contribution in [0.5, 0.6) is 5.75 Å². The summed E-state index contributed by atoms with van der Waals surface area (Å²) in [5.74, 6) is -0.0652. The molecule has 2 N–H and O–H groups in total. The third kappa shape index (κ3) is 3.89. The van der Waals surface area contributed by atoms with E-state index < -0.39 is 6.04 Å². The third-order valence-corrected chi connectivity index (χ3v) is 2.91. The van der Waals surface area contributed by atoms with Crippen LogP contribution >= 0.6 is 11.6 Å². The molecule has 1 atom stereocenters. The average Bonchev–Trinajstić information content (AvgIpc) is 2.32. The molecule has 0 saturated heterocycles. The molecule has 0 heterocycles. The lowest BCUT2D eigenvalue weighted by Crippen LogP contribution is -2.41. The second-order valence-electron chi connectivity index (χ2n) is 4.40. The normalized spacial score (nSPS) is 12.5. The quantitative estimate of drug-likeness (QED) is 0.807. The lowest BCUT2D eigenvalue weighted by atomic mass is 10.0. The molecule has 18 heavy (non-hydrogen) atoms. The van der Waals surface area contributed by atoms with Gasteiger partial charge in [0.1, 0.15) is 11.8 Å². The minimum atomic E-state index is -0.409. The minimum Gasteiger partial charge on any atom is -0.508 e. The van der Waals surface area contributed by atoms with Crippen LogP contribution in [0.15, 0.2) is 18.2 Å². The Balaban J connectivity index is 2.73. The summed E-state index contributed by atoms with van der Waals surface area (Å²) in [6.45, 7) is 4.20. The number of aromatic hydroxyl groups is 1. The minimum absolute atomic E-state index is 0.0961. The Hall–Kier alpha value is -1.26. The lowest BCUT2D eigenvalue weighted by Gasteiger charge is -2.20. The van der Waals surface area contributed by atoms with Gasteiger partial charge in [0.15, 0.2) is 0 Å². The average molecular weight is 272 g/mol. The van der Waals surface area contributed by atoms with E-state index in [1.165, 1.54) is 13.2 Å². The standard InChI is InChI=1S/C13H18ClNO3/c1-8(2)12(13(17)18-3)15-7-9-6-10(14)4-5-11(9)16/h4-6,8,12,15-16H,7H2,1-3H3. The molecule has 1 aromatic rings. The second kappa shape index (κ2) is 6.61. The van der Waals surface area contributed by atoms with Gasteiger partial charge in [-0.15, -0.1) is 0 Å². The van der Waals surface area contributed by atoms with Crippen molar-refractivity contribution in [3.05, 3.63) is 28.8 Å². The lowest BCUT2D eigenvalue weighted by molar-refractivity contribution is -0.144. The number of benzene rings is 1. The largest absolute Gasteiger partial charge is 0.508 e. The van der Waals surface area contributed by atoms with E-state index >= 15 is 0 Å². The van der Waals surface area contributed by atoms with Gasteiger partial charge in [0.25, 0.3) is 0 Å². The van der Waals surface area contributed by atoms with Gasteiger partial charge in [-0.1, -0.05) is 25.4 Å². The predicted octanol–water partition coefficient (Wildman–Crippen LogP) is 2.33. The number of carbonyl (C=O) groups excluding carboxylic acids is 1. The molecule has 0 amide bonds. The summed E-state index contributed by atoms with van der Waals surface area (Å²) in [6.07, 6.45) is 0. The zero-order chi connectivity index (χ0) is 13.7. The van der Waals surface area contributed by atoms with Crippen molar-refractivity contribution in [1.82, 2.24) is 5.32 Å². The van der Waals surface area contributed by atoms with Crippen molar-refractivity contribution in [3.8, 4) is 5.75 Å². The van der Waals surface area contributed by atoms with Crippen LogP contribution in [0.4, 0.5) is 0 Å². The fourth-order valence-electron chi connectivity index (χ4n) is 1.63. The van der Waals surface area contributed by atoms with Crippen molar-refractivity contribution < 1.29 is 14.6 Å². The molecule has 0 aliphatic heterocycles. The first kappa shape index (κ1) is 14.8. The smallest absolute Gasteiger partial charge is 0.323 e. The molecule has 0 aliphatic rings. The molecule has 0 radical (unpaired) electrons. The van der Waals surface area contributed by atoms with Gasteiger partial charge in [-0.3, -0.25) is 10.1 Å². The molecule has 100 valence electrons. The molecule has 5 heteroatoms. The zero-order valence-electron chi connectivity index (χ0n) is 10.7. The van der Waals surface area contributed by atoms with Gasteiger partial charge in [0, 0.05) is 17.1 Å². The van der Waals surface area contributed by atoms with Crippen LogP contribution in [0.1, 0.15) is 19.4 Å². The second-order valence-corrected chi connectivity index (χ2v) is 4.84. The number of nitrogens with one attached hydrogen (secondary N) is 1. The van der Waals surface area contributed by atoms with Crippen molar-refractivity contribution in [2.75, 3.05) is 7.11 Å². The summed E-state index contributed by atoms with van der Waals surface area (Å²) < 4.78 is 4.73. The van der Waals surface area contributed by atoms with Gasteiger partial charge in [0.05, 0.1) is 7.11 Å². The molecule has 1 rings (SSSR count). The zero-order valence-corrected chi connectivity index (χ0v) is 11.5. The molecular weight excluding hydrogens is 254 g/mol. The Morgan fingerprint density at radius 2 is 2.17 bits per heavy atom. The monoisotopic (exact) mass is 271 g/mol. The van der Waals surface area contributed by atoms with E-state index in [2.05, 4.69) is 5.32 Å². The summed E-state index contributed by atoms with van der Waals surface area (Å²) in [4.78, 5) is 11.6. The number of rotatable bonds is 5. The Bertz CT molecular complexity index is 421. The Labute approximate surface area is 112 Å². The highest BCUT2D eigenvalue weighted by Crippen LogP contribution is 2.21. The molecule has 0 spiro atoms.